The predicted molar refractivity (Wildman–Crippen MR) is 74.4 cm³/mol. The van der Waals surface area contributed by atoms with E-state index >= 15 is 0 Å². The molecule has 0 aliphatic heterocycles. The van der Waals surface area contributed by atoms with Crippen molar-refractivity contribution in [2.24, 2.45) is 5.92 Å². The fourth-order valence-electron chi connectivity index (χ4n) is 2.68. The van der Waals surface area contributed by atoms with E-state index in [4.69, 9.17) is 0 Å². The second-order valence-corrected chi connectivity index (χ2v) is 5.67. The summed E-state index contributed by atoms with van der Waals surface area (Å²) < 4.78 is 36.0. The first-order valence-corrected chi connectivity index (χ1v) is 7.09. The molecule has 0 unspecified atom stereocenters. The summed E-state index contributed by atoms with van der Waals surface area (Å²) >= 11 is 0. The molecule has 20 heavy (non-hydrogen) atoms. The summed E-state index contributed by atoms with van der Waals surface area (Å²) in [6, 6.07) is 7.68. The van der Waals surface area contributed by atoms with Crippen molar-refractivity contribution in [2.45, 2.75) is 51.1 Å². The van der Waals surface area contributed by atoms with Gasteiger partial charge in [0, 0.05) is 5.56 Å². The Kier molecular flexibility index (Phi) is 4.75. The molecule has 0 saturated heterocycles. The molecule has 0 radical (unpaired) electrons. The highest BCUT2D eigenvalue weighted by atomic mass is 19.4. The van der Waals surface area contributed by atoms with Crippen molar-refractivity contribution in [3.63, 3.8) is 0 Å². The molecule has 2 rings (SSSR count). The van der Waals surface area contributed by atoms with Gasteiger partial charge < -0.3 is 0 Å². The largest absolute Gasteiger partial charge is 0.399 e. The molecule has 1 aliphatic carbocycles. The third kappa shape index (κ3) is 4.59. The summed E-state index contributed by atoms with van der Waals surface area (Å²) in [7, 11) is 0. The van der Waals surface area contributed by atoms with Crippen LogP contribution in [0.2, 0.25) is 0 Å². The minimum absolute atomic E-state index is 0.600. The van der Waals surface area contributed by atoms with Crippen LogP contribution in [0.3, 0.4) is 0 Å². The highest BCUT2D eigenvalue weighted by Crippen LogP contribution is 2.35. The smallest absolute Gasteiger partial charge is 0.170 e. The summed E-state index contributed by atoms with van der Waals surface area (Å²) in [5.41, 5.74) is 1.94. The Morgan fingerprint density at radius 1 is 1.05 bits per heavy atom. The Balaban J connectivity index is 1.96. The predicted octanol–water partition coefficient (Wildman–Crippen LogP) is 5.28. The average Bonchev–Trinajstić information content (AvgIpc) is 2.39. The van der Waals surface area contributed by atoms with Gasteiger partial charge in [0.05, 0.1) is 0 Å². The van der Waals surface area contributed by atoms with Gasteiger partial charge in [-0.3, -0.25) is 0 Å². The van der Waals surface area contributed by atoms with E-state index < -0.39 is 12.6 Å². The molecule has 0 aromatic heterocycles. The van der Waals surface area contributed by atoms with Crippen molar-refractivity contribution in [3.05, 3.63) is 35.4 Å². The van der Waals surface area contributed by atoms with E-state index in [1.165, 1.54) is 31.2 Å². The van der Waals surface area contributed by atoms with E-state index in [2.05, 4.69) is 18.8 Å². The van der Waals surface area contributed by atoms with Crippen LogP contribution < -0.4 is 0 Å². The van der Waals surface area contributed by atoms with Crippen LogP contribution in [0.1, 0.15) is 56.1 Å². The van der Waals surface area contributed by atoms with Crippen molar-refractivity contribution in [2.75, 3.05) is 0 Å². The molecule has 0 bridgehead atoms. The first-order chi connectivity index (χ1) is 9.44. The lowest BCUT2D eigenvalue weighted by Gasteiger charge is -2.26. The molecule has 1 aliphatic rings. The van der Waals surface area contributed by atoms with E-state index in [0.29, 0.717) is 11.5 Å². The highest BCUT2D eigenvalue weighted by Gasteiger charge is 2.25. The molecule has 1 aromatic carbocycles. The molecular weight excluding hydrogens is 261 g/mol. The van der Waals surface area contributed by atoms with Crippen LogP contribution in [0, 0.1) is 17.8 Å². The van der Waals surface area contributed by atoms with Gasteiger partial charge in [-0.25, -0.2) is 0 Å². The SMILES string of the molecule is CC1CCC(c2ccc(C#CCC(F)(F)F)cc2)CC1. The lowest BCUT2D eigenvalue weighted by atomic mass is 9.79. The van der Waals surface area contributed by atoms with Gasteiger partial charge in [0.25, 0.3) is 0 Å². The zero-order valence-electron chi connectivity index (χ0n) is 11.6. The van der Waals surface area contributed by atoms with Gasteiger partial charge in [0.1, 0.15) is 6.42 Å². The summed E-state index contributed by atoms with van der Waals surface area (Å²) in [4.78, 5) is 0. The average molecular weight is 280 g/mol. The molecule has 3 heteroatoms. The van der Waals surface area contributed by atoms with Gasteiger partial charge in [-0.1, -0.05) is 43.7 Å². The molecule has 108 valence electrons. The van der Waals surface area contributed by atoms with Crippen molar-refractivity contribution in [1.82, 2.24) is 0 Å². The van der Waals surface area contributed by atoms with Crippen molar-refractivity contribution in [1.29, 1.82) is 0 Å². The Hall–Kier alpha value is -1.43. The second-order valence-electron chi connectivity index (χ2n) is 5.67. The maximum Gasteiger partial charge on any atom is 0.399 e. The molecule has 0 atom stereocenters. The Bertz CT molecular complexity index is 480. The minimum atomic E-state index is -4.20. The molecule has 0 heterocycles. The monoisotopic (exact) mass is 280 g/mol. The molecule has 1 aromatic rings. The Labute approximate surface area is 118 Å². The highest BCUT2D eigenvalue weighted by molar-refractivity contribution is 5.37. The van der Waals surface area contributed by atoms with Crippen LogP contribution in [0.25, 0.3) is 0 Å². The van der Waals surface area contributed by atoms with Gasteiger partial charge in [-0.05, 0) is 42.4 Å². The number of hydrogen-bond acceptors (Lipinski definition) is 0. The van der Waals surface area contributed by atoms with Crippen molar-refractivity contribution >= 4 is 0 Å². The van der Waals surface area contributed by atoms with Gasteiger partial charge in [0.2, 0.25) is 0 Å². The lowest BCUT2D eigenvalue weighted by Crippen LogP contribution is -2.10. The molecule has 0 spiro atoms. The van der Waals surface area contributed by atoms with Gasteiger partial charge in [0.15, 0.2) is 0 Å². The van der Waals surface area contributed by atoms with Crippen LogP contribution >= 0.6 is 0 Å². The number of rotatable bonds is 1. The normalized spacial score (nSPS) is 23.0. The van der Waals surface area contributed by atoms with Crippen molar-refractivity contribution in [3.8, 4) is 11.8 Å². The minimum Gasteiger partial charge on any atom is -0.170 e. The molecule has 0 N–H and O–H groups in total. The maximum absolute atomic E-state index is 12.0. The maximum atomic E-state index is 12.0. The summed E-state index contributed by atoms with van der Waals surface area (Å²) in [6.45, 7) is 2.29. The van der Waals surface area contributed by atoms with Crippen LogP contribution in [0.5, 0.6) is 0 Å². The fourth-order valence-corrected chi connectivity index (χ4v) is 2.68. The zero-order valence-corrected chi connectivity index (χ0v) is 11.6. The van der Waals surface area contributed by atoms with Crippen LogP contribution in [-0.4, -0.2) is 6.18 Å². The van der Waals surface area contributed by atoms with E-state index in [0.717, 1.165) is 5.92 Å². The number of benzene rings is 1. The Morgan fingerprint density at radius 2 is 1.65 bits per heavy atom. The summed E-state index contributed by atoms with van der Waals surface area (Å²) in [5, 5.41) is 0. The Morgan fingerprint density at radius 3 is 2.20 bits per heavy atom. The van der Waals surface area contributed by atoms with E-state index in [1.54, 1.807) is 0 Å². The van der Waals surface area contributed by atoms with Crippen LogP contribution in [0.4, 0.5) is 13.2 Å². The van der Waals surface area contributed by atoms with Crippen LogP contribution in [0.15, 0.2) is 24.3 Å². The molecule has 0 amide bonds. The van der Waals surface area contributed by atoms with Gasteiger partial charge >= 0.3 is 6.18 Å². The third-order valence-corrected chi connectivity index (χ3v) is 3.92. The zero-order chi connectivity index (χ0) is 14.6. The van der Waals surface area contributed by atoms with Crippen molar-refractivity contribution < 1.29 is 13.2 Å². The third-order valence-electron chi connectivity index (χ3n) is 3.92. The van der Waals surface area contributed by atoms with E-state index in [9.17, 15) is 13.2 Å². The fraction of sp³-hybridized carbons (Fsp3) is 0.529. The molecule has 1 saturated carbocycles. The second kappa shape index (κ2) is 6.35. The number of halogens is 3. The molecular formula is C17H19F3. The van der Waals surface area contributed by atoms with Gasteiger partial charge in [-0.2, -0.15) is 13.2 Å². The summed E-state index contributed by atoms with van der Waals surface area (Å²) in [6.07, 6.45) is -0.308. The van der Waals surface area contributed by atoms with E-state index in [-0.39, 0.29) is 0 Å². The van der Waals surface area contributed by atoms with Gasteiger partial charge in [-0.15, -0.1) is 0 Å². The first kappa shape index (κ1) is 15.0. The first-order valence-electron chi connectivity index (χ1n) is 7.09. The van der Waals surface area contributed by atoms with E-state index in [1.807, 2.05) is 24.3 Å². The standard InChI is InChI=1S/C17H19F3/c1-13-4-8-15(9-5-13)16-10-6-14(7-11-16)3-2-12-17(18,19)20/h6-7,10-11,13,15H,4-5,8-9,12H2,1H3. The number of alkyl halides is 3. The topological polar surface area (TPSA) is 0 Å². The number of hydrogen-bond donors (Lipinski definition) is 0. The molecule has 0 nitrogen and oxygen atoms in total. The van der Waals surface area contributed by atoms with Crippen LogP contribution in [-0.2, 0) is 0 Å². The lowest BCUT2D eigenvalue weighted by molar-refractivity contribution is -0.123. The summed E-state index contributed by atoms with van der Waals surface area (Å²) in [5.74, 6) is 6.16. The quantitative estimate of drug-likeness (QED) is 0.614. The molecule has 1 fully saturated rings.